The zero-order chi connectivity index (χ0) is 16.7. The van der Waals surface area contributed by atoms with E-state index in [4.69, 9.17) is 4.74 Å². The number of fused-ring (bicyclic) bond motifs is 2. The van der Waals surface area contributed by atoms with Crippen molar-refractivity contribution in [1.82, 2.24) is 4.90 Å². The fourth-order valence-electron chi connectivity index (χ4n) is 3.70. The van der Waals surface area contributed by atoms with E-state index in [1.54, 1.807) is 11.0 Å². The first-order valence-electron chi connectivity index (χ1n) is 7.89. The van der Waals surface area contributed by atoms with Crippen molar-refractivity contribution < 1.29 is 14.3 Å². The third-order valence-electron chi connectivity index (χ3n) is 4.80. The lowest BCUT2D eigenvalue weighted by atomic mass is 9.86. The van der Waals surface area contributed by atoms with Gasteiger partial charge >= 0.3 is 5.97 Å². The van der Waals surface area contributed by atoms with Crippen LogP contribution in [0.5, 0.6) is 0 Å². The molecule has 0 aliphatic carbocycles. The summed E-state index contributed by atoms with van der Waals surface area (Å²) in [6.45, 7) is 0.400. The maximum Gasteiger partial charge on any atom is 0.337 e. The zero-order valence-corrected chi connectivity index (χ0v) is 15.1. The van der Waals surface area contributed by atoms with Crippen LogP contribution in [0.15, 0.2) is 54.6 Å². The summed E-state index contributed by atoms with van der Waals surface area (Å²) in [6.07, 6.45) is 0.361. The molecule has 2 aliphatic heterocycles. The Morgan fingerprint density at radius 1 is 1.08 bits per heavy atom. The molecule has 2 atom stereocenters. The standard InChI is InChI=1S/C19H16INO3/c20-11-14-10-19(18(23)24-14)16-9-5-4-8-15(16)17(22)21(19)12-13-6-2-1-3-7-13/h1-9,14H,10-12H2/t14-,19-/m1/s1. The highest BCUT2D eigenvalue weighted by atomic mass is 127. The smallest absolute Gasteiger partial charge is 0.337 e. The number of esters is 1. The Morgan fingerprint density at radius 2 is 1.79 bits per heavy atom. The van der Waals surface area contributed by atoms with E-state index in [2.05, 4.69) is 22.6 Å². The Hall–Kier alpha value is -1.89. The summed E-state index contributed by atoms with van der Waals surface area (Å²) in [4.78, 5) is 27.6. The Balaban J connectivity index is 1.83. The molecule has 0 bridgehead atoms. The highest BCUT2D eigenvalue weighted by molar-refractivity contribution is 14.1. The van der Waals surface area contributed by atoms with Gasteiger partial charge < -0.3 is 9.64 Å². The number of alkyl halides is 1. The topological polar surface area (TPSA) is 46.6 Å². The van der Waals surface area contributed by atoms with Crippen LogP contribution in [-0.4, -0.2) is 27.3 Å². The third kappa shape index (κ3) is 2.17. The van der Waals surface area contributed by atoms with Crippen molar-refractivity contribution in [2.75, 3.05) is 4.43 Å². The van der Waals surface area contributed by atoms with Gasteiger partial charge in [0.25, 0.3) is 5.91 Å². The van der Waals surface area contributed by atoms with Crippen LogP contribution in [0.2, 0.25) is 0 Å². The molecule has 24 heavy (non-hydrogen) atoms. The van der Waals surface area contributed by atoms with Crippen molar-refractivity contribution in [3.05, 3.63) is 71.3 Å². The average Bonchev–Trinajstić information content (AvgIpc) is 3.08. The molecule has 0 saturated carbocycles. The summed E-state index contributed by atoms with van der Waals surface area (Å²) in [5.74, 6) is -0.404. The Morgan fingerprint density at radius 3 is 2.50 bits per heavy atom. The normalized spacial score (nSPS) is 25.2. The van der Waals surface area contributed by atoms with Gasteiger partial charge in [-0.2, -0.15) is 0 Å². The molecule has 0 N–H and O–H groups in total. The second kappa shape index (κ2) is 5.88. The maximum absolute atomic E-state index is 13.0. The van der Waals surface area contributed by atoms with Crippen LogP contribution < -0.4 is 0 Å². The van der Waals surface area contributed by atoms with Gasteiger partial charge in [-0.1, -0.05) is 71.1 Å². The number of benzene rings is 2. The van der Waals surface area contributed by atoms with E-state index < -0.39 is 5.54 Å². The molecular formula is C19H16INO3. The van der Waals surface area contributed by atoms with Gasteiger partial charge in [0.15, 0.2) is 5.54 Å². The lowest BCUT2D eigenvalue weighted by Crippen LogP contribution is -2.46. The van der Waals surface area contributed by atoms with E-state index in [1.165, 1.54) is 0 Å². The van der Waals surface area contributed by atoms with Crippen molar-refractivity contribution in [1.29, 1.82) is 0 Å². The monoisotopic (exact) mass is 433 g/mol. The van der Waals surface area contributed by atoms with Gasteiger partial charge in [-0.05, 0) is 11.6 Å². The summed E-state index contributed by atoms with van der Waals surface area (Å²) in [7, 11) is 0. The summed E-state index contributed by atoms with van der Waals surface area (Å²) in [5, 5.41) is 0. The van der Waals surface area contributed by atoms with Crippen LogP contribution in [0, 0.1) is 0 Å². The summed E-state index contributed by atoms with van der Waals surface area (Å²) in [6, 6.07) is 17.2. The van der Waals surface area contributed by atoms with Gasteiger partial charge in [0.05, 0.1) is 0 Å². The largest absolute Gasteiger partial charge is 0.459 e. The minimum absolute atomic E-state index is 0.0967. The molecule has 1 amide bonds. The van der Waals surface area contributed by atoms with E-state index in [9.17, 15) is 9.59 Å². The number of halogens is 1. The first kappa shape index (κ1) is 15.6. The molecule has 0 unspecified atom stereocenters. The van der Waals surface area contributed by atoms with E-state index in [0.29, 0.717) is 18.5 Å². The van der Waals surface area contributed by atoms with E-state index >= 15 is 0 Å². The average molecular weight is 433 g/mol. The minimum Gasteiger partial charge on any atom is -0.459 e. The molecular weight excluding hydrogens is 417 g/mol. The van der Waals surface area contributed by atoms with Gasteiger partial charge in [-0.3, -0.25) is 4.79 Å². The number of nitrogens with zero attached hydrogens (tertiary/aromatic N) is 1. The number of amides is 1. The molecule has 0 aromatic heterocycles. The molecule has 1 spiro atoms. The van der Waals surface area contributed by atoms with E-state index in [1.807, 2.05) is 48.5 Å². The first-order chi connectivity index (χ1) is 11.7. The fourth-order valence-corrected chi connectivity index (χ4v) is 4.19. The lowest BCUT2D eigenvalue weighted by Gasteiger charge is -2.32. The van der Waals surface area contributed by atoms with Crippen LogP contribution in [0.3, 0.4) is 0 Å². The molecule has 2 aromatic carbocycles. The zero-order valence-electron chi connectivity index (χ0n) is 12.9. The highest BCUT2D eigenvalue weighted by Gasteiger charge is 2.60. The molecule has 1 fully saturated rings. The van der Waals surface area contributed by atoms with Gasteiger partial charge in [0.1, 0.15) is 6.10 Å². The van der Waals surface area contributed by atoms with Crippen LogP contribution in [0.25, 0.3) is 0 Å². The fraction of sp³-hybridized carbons (Fsp3) is 0.263. The van der Waals surface area contributed by atoms with Crippen LogP contribution in [0.1, 0.15) is 27.9 Å². The van der Waals surface area contributed by atoms with Gasteiger partial charge in [0, 0.05) is 28.5 Å². The number of ether oxygens (including phenoxy) is 1. The van der Waals surface area contributed by atoms with Crippen molar-refractivity contribution >= 4 is 34.5 Å². The summed E-state index contributed by atoms with van der Waals surface area (Å²) in [5.41, 5.74) is 1.41. The van der Waals surface area contributed by atoms with Crippen molar-refractivity contribution in [3.8, 4) is 0 Å². The molecule has 4 nitrogen and oxygen atoms in total. The minimum atomic E-state index is -0.987. The molecule has 4 rings (SSSR count). The molecule has 0 radical (unpaired) electrons. The number of hydrogen-bond donors (Lipinski definition) is 0. The van der Waals surface area contributed by atoms with E-state index in [-0.39, 0.29) is 18.0 Å². The predicted molar refractivity (Wildman–Crippen MR) is 97.8 cm³/mol. The third-order valence-corrected chi connectivity index (χ3v) is 5.78. The van der Waals surface area contributed by atoms with Crippen molar-refractivity contribution in [2.45, 2.75) is 24.6 Å². The van der Waals surface area contributed by atoms with Crippen molar-refractivity contribution in [2.24, 2.45) is 0 Å². The number of rotatable bonds is 3. The molecule has 1 saturated heterocycles. The number of cyclic esters (lactones) is 1. The quantitative estimate of drug-likeness (QED) is 0.424. The molecule has 2 heterocycles. The van der Waals surface area contributed by atoms with Gasteiger partial charge in [0.2, 0.25) is 0 Å². The maximum atomic E-state index is 13.0. The summed E-state index contributed by atoms with van der Waals surface area (Å²) < 4.78 is 6.30. The number of carbonyl (C=O) groups is 2. The first-order valence-corrected chi connectivity index (χ1v) is 9.42. The number of hydrogen-bond acceptors (Lipinski definition) is 3. The lowest BCUT2D eigenvalue weighted by molar-refractivity contribution is -0.149. The highest BCUT2D eigenvalue weighted by Crippen LogP contribution is 2.48. The van der Waals surface area contributed by atoms with Crippen molar-refractivity contribution in [3.63, 3.8) is 0 Å². The molecule has 122 valence electrons. The van der Waals surface area contributed by atoms with Crippen LogP contribution in [-0.2, 0) is 21.6 Å². The Labute approximate surface area is 153 Å². The van der Waals surface area contributed by atoms with Crippen LogP contribution >= 0.6 is 22.6 Å². The molecule has 2 aromatic rings. The van der Waals surface area contributed by atoms with Gasteiger partial charge in [-0.15, -0.1) is 0 Å². The SMILES string of the molecule is O=C1c2ccccc2[C@@]2(C[C@H](CI)OC2=O)N1Cc1ccccc1. The Kier molecular flexibility index (Phi) is 3.83. The second-order valence-corrected chi connectivity index (χ2v) is 7.05. The predicted octanol–water partition coefficient (Wildman–Crippen LogP) is 3.29. The molecule has 2 aliphatic rings. The summed E-state index contributed by atoms with van der Waals surface area (Å²) >= 11 is 2.22. The van der Waals surface area contributed by atoms with E-state index in [0.717, 1.165) is 15.6 Å². The van der Waals surface area contributed by atoms with Crippen LogP contribution in [0.4, 0.5) is 0 Å². The Bertz CT molecular complexity index is 807. The second-order valence-electron chi connectivity index (χ2n) is 6.17. The molecule has 5 heteroatoms. The van der Waals surface area contributed by atoms with Gasteiger partial charge in [-0.25, -0.2) is 4.79 Å². The number of carbonyl (C=O) groups excluding carboxylic acids is 2.